The minimum atomic E-state index is -0.931. The van der Waals surface area contributed by atoms with Gasteiger partial charge in [0.15, 0.2) is 0 Å². The number of carbonyl (C=O) groups is 2. The molecule has 4 rings (SSSR count). The molecule has 2 aromatic carbocycles. The number of ether oxygens (including phenoxy) is 1. The summed E-state index contributed by atoms with van der Waals surface area (Å²) in [5, 5.41) is 13.7. The molecule has 1 atom stereocenters. The Morgan fingerprint density at radius 3 is 2.55 bits per heavy atom. The predicted octanol–water partition coefficient (Wildman–Crippen LogP) is 0.618. The average Bonchev–Trinajstić information content (AvgIpc) is 3.03. The Bertz CT molecular complexity index is 1020. The number of rotatable bonds is 5. The molecule has 2 aliphatic rings. The van der Waals surface area contributed by atoms with E-state index in [4.69, 9.17) is 16.3 Å². The van der Waals surface area contributed by atoms with E-state index in [-0.39, 0.29) is 17.7 Å². The number of halogens is 2. The van der Waals surface area contributed by atoms with Crippen LogP contribution in [0.4, 0.5) is 4.39 Å². The molecule has 2 saturated heterocycles. The molecule has 1 N–H and O–H groups in total. The number of ketones is 1. The topological polar surface area (TPSA) is 74.1 Å². The van der Waals surface area contributed by atoms with Crippen LogP contribution in [0.1, 0.15) is 17.2 Å². The Kier molecular flexibility index (Phi) is 6.36. The van der Waals surface area contributed by atoms with Gasteiger partial charge in [-0.3, -0.25) is 9.59 Å². The van der Waals surface area contributed by atoms with E-state index in [2.05, 4.69) is 0 Å². The average molecular weight is 445 g/mol. The zero-order valence-corrected chi connectivity index (χ0v) is 17.5. The normalized spacial score (nSPS) is 21.6. The third-order valence-corrected chi connectivity index (χ3v) is 5.96. The van der Waals surface area contributed by atoms with Crippen molar-refractivity contribution in [3.8, 4) is 0 Å². The molecule has 0 radical (unpaired) electrons. The lowest BCUT2D eigenvalue weighted by Gasteiger charge is -2.30. The fraction of sp³-hybridized carbons (Fsp3) is 0.304. The van der Waals surface area contributed by atoms with Gasteiger partial charge in [0.25, 0.3) is 5.91 Å². The summed E-state index contributed by atoms with van der Waals surface area (Å²) in [6, 6.07) is 10.9. The Morgan fingerprint density at radius 2 is 1.87 bits per heavy atom. The second kappa shape index (κ2) is 9.18. The van der Waals surface area contributed by atoms with E-state index in [1.165, 1.54) is 40.1 Å². The van der Waals surface area contributed by atoms with Crippen LogP contribution in [-0.2, 0) is 14.3 Å². The van der Waals surface area contributed by atoms with E-state index in [1.54, 1.807) is 18.2 Å². The SMILES string of the molecule is O=C1C(=O)N(CC[NH+]2CCOCC2)C(c2cccc(F)c2)C1=C([O-])c1ccc(Cl)cc1. The number of likely N-dealkylation sites (tertiary alicyclic amines) is 1. The molecule has 2 heterocycles. The molecule has 0 aliphatic carbocycles. The van der Waals surface area contributed by atoms with Crippen LogP contribution >= 0.6 is 11.6 Å². The number of quaternary nitrogens is 1. The number of nitrogens with zero attached hydrogens (tertiary/aromatic N) is 1. The van der Waals surface area contributed by atoms with Crippen molar-refractivity contribution in [1.29, 1.82) is 0 Å². The Hall–Kier alpha value is -2.74. The highest BCUT2D eigenvalue weighted by atomic mass is 35.5. The summed E-state index contributed by atoms with van der Waals surface area (Å²) in [5.74, 6) is -2.63. The van der Waals surface area contributed by atoms with Crippen molar-refractivity contribution >= 4 is 29.1 Å². The van der Waals surface area contributed by atoms with Crippen LogP contribution in [0, 0.1) is 5.82 Å². The first-order chi connectivity index (χ1) is 15.0. The third kappa shape index (κ3) is 4.49. The molecule has 1 unspecified atom stereocenters. The van der Waals surface area contributed by atoms with Crippen molar-refractivity contribution in [3.05, 3.63) is 76.1 Å². The van der Waals surface area contributed by atoms with Crippen molar-refractivity contribution in [2.24, 2.45) is 0 Å². The number of benzene rings is 2. The number of morpholine rings is 1. The summed E-state index contributed by atoms with van der Waals surface area (Å²) < 4.78 is 19.4. The zero-order valence-electron chi connectivity index (χ0n) is 16.8. The van der Waals surface area contributed by atoms with E-state index in [0.717, 1.165) is 13.1 Å². The van der Waals surface area contributed by atoms with Gasteiger partial charge in [0, 0.05) is 10.6 Å². The highest BCUT2D eigenvalue weighted by Crippen LogP contribution is 2.38. The first kappa shape index (κ1) is 21.5. The molecule has 6 nitrogen and oxygen atoms in total. The number of Topliss-reactive ketones (excluding diaryl/α,β-unsaturated/α-hetero) is 1. The monoisotopic (exact) mass is 444 g/mol. The predicted molar refractivity (Wildman–Crippen MR) is 111 cm³/mol. The highest BCUT2D eigenvalue weighted by molar-refractivity contribution is 6.46. The van der Waals surface area contributed by atoms with E-state index in [1.807, 2.05) is 0 Å². The molecular weight excluding hydrogens is 423 g/mol. The van der Waals surface area contributed by atoms with Crippen LogP contribution in [0.5, 0.6) is 0 Å². The minimum Gasteiger partial charge on any atom is -0.872 e. The molecule has 0 saturated carbocycles. The summed E-state index contributed by atoms with van der Waals surface area (Å²) in [4.78, 5) is 28.5. The van der Waals surface area contributed by atoms with Crippen LogP contribution in [0.2, 0.25) is 5.02 Å². The summed E-state index contributed by atoms with van der Waals surface area (Å²) in [7, 11) is 0. The van der Waals surface area contributed by atoms with Gasteiger partial charge in [-0.1, -0.05) is 41.6 Å². The van der Waals surface area contributed by atoms with E-state index in [9.17, 15) is 19.1 Å². The molecule has 0 bridgehead atoms. The molecule has 31 heavy (non-hydrogen) atoms. The van der Waals surface area contributed by atoms with Gasteiger partial charge in [0.1, 0.15) is 18.9 Å². The number of nitrogens with one attached hydrogen (secondary N) is 1. The fourth-order valence-corrected chi connectivity index (χ4v) is 4.20. The number of hydrogen-bond acceptors (Lipinski definition) is 4. The number of amides is 1. The molecule has 2 fully saturated rings. The zero-order chi connectivity index (χ0) is 22.0. The lowest BCUT2D eigenvalue weighted by Crippen LogP contribution is -3.14. The summed E-state index contributed by atoms with van der Waals surface area (Å²) in [6.07, 6.45) is 0. The number of carbonyl (C=O) groups excluding carboxylic acids is 2. The summed E-state index contributed by atoms with van der Waals surface area (Å²) in [6.45, 7) is 3.78. The van der Waals surface area contributed by atoms with Crippen molar-refractivity contribution in [1.82, 2.24) is 4.90 Å². The van der Waals surface area contributed by atoms with E-state index in [0.29, 0.717) is 30.3 Å². The first-order valence-corrected chi connectivity index (χ1v) is 10.5. The number of hydrogen-bond donors (Lipinski definition) is 1. The van der Waals surface area contributed by atoms with Crippen molar-refractivity contribution < 1.29 is 28.7 Å². The molecular formula is C23H22ClFN2O4. The van der Waals surface area contributed by atoms with Crippen molar-refractivity contribution in [3.63, 3.8) is 0 Å². The van der Waals surface area contributed by atoms with Crippen LogP contribution in [-0.4, -0.2) is 56.0 Å². The Balaban J connectivity index is 1.73. The molecule has 8 heteroatoms. The maximum Gasteiger partial charge on any atom is 0.295 e. The van der Waals surface area contributed by atoms with Crippen LogP contribution in [0.25, 0.3) is 5.76 Å². The minimum absolute atomic E-state index is 0.158. The van der Waals surface area contributed by atoms with Gasteiger partial charge >= 0.3 is 0 Å². The molecule has 2 aliphatic heterocycles. The molecule has 162 valence electrons. The largest absolute Gasteiger partial charge is 0.872 e. The maximum atomic E-state index is 14.0. The van der Waals surface area contributed by atoms with Gasteiger partial charge in [-0.2, -0.15) is 0 Å². The van der Waals surface area contributed by atoms with Gasteiger partial charge in [0.2, 0.25) is 5.78 Å². The van der Waals surface area contributed by atoms with E-state index < -0.39 is 29.3 Å². The van der Waals surface area contributed by atoms with Gasteiger partial charge in [-0.25, -0.2) is 4.39 Å². The van der Waals surface area contributed by atoms with Crippen LogP contribution in [0.15, 0.2) is 54.1 Å². The molecule has 0 spiro atoms. The van der Waals surface area contributed by atoms with Gasteiger partial charge < -0.3 is 19.6 Å². The van der Waals surface area contributed by atoms with Gasteiger partial charge in [0.05, 0.1) is 32.3 Å². The van der Waals surface area contributed by atoms with Crippen LogP contribution in [0.3, 0.4) is 0 Å². The standard InChI is InChI=1S/C23H22ClFN2O4/c24-17-6-4-15(5-7-17)21(28)19-20(16-2-1-3-18(25)14-16)27(23(30)22(19)29)9-8-26-10-12-31-13-11-26/h1-7,14,20,28H,8-13H2. The van der Waals surface area contributed by atoms with Crippen molar-refractivity contribution in [2.75, 3.05) is 39.4 Å². The first-order valence-electron chi connectivity index (χ1n) is 10.1. The second-order valence-electron chi connectivity index (χ2n) is 7.65. The van der Waals surface area contributed by atoms with E-state index >= 15 is 0 Å². The van der Waals surface area contributed by atoms with Gasteiger partial charge in [-0.15, -0.1) is 0 Å². The highest BCUT2D eigenvalue weighted by Gasteiger charge is 2.44. The lowest BCUT2D eigenvalue weighted by atomic mass is 9.95. The van der Waals surface area contributed by atoms with Gasteiger partial charge in [-0.05, 0) is 35.4 Å². The smallest absolute Gasteiger partial charge is 0.295 e. The quantitative estimate of drug-likeness (QED) is 0.417. The molecule has 2 aromatic rings. The summed E-state index contributed by atoms with van der Waals surface area (Å²) >= 11 is 5.91. The third-order valence-electron chi connectivity index (χ3n) is 5.71. The molecule has 1 amide bonds. The van der Waals surface area contributed by atoms with Crippen LogP contribution < -0.4 is 10.0 Å². The summed E-state index contributed by atoms with van der Waals surface area (Å²) in [5.41, 5.74) is 0.492. The lowest BCUT2D eigenvalue weighted by molar-refractivity contribution is -0.907. The fourth-order valence-electron chi connectivity index (χ4n) is 4.07. The van der Waals surface area contributed by atoms with Crippen molar-refractivity contribution in [2.45, 2.75) is 6.04 Å². The Labute approximate surface area is 184 Å². The second-order valence-corrected chi connectivity index (χ2v) is 8.08. The maximum absolute atomic E-state index is 14.0. The Morgan fingerprint density at radius 1 is 1.16 bits per heavy atom. The molecule has 0 aromatic heterocycles.